The number of hydrogen-bond acceptors (Lipinski definition) is 3. The van der Waals surface area contributed by atoms with Gasteiger partial charge in [0.25, 0.3) is 0 Å². The molecular formula is C11H12BrClN4. The molecule has 0 aliphatic rings. The van der Waals surface area contributed by atoms with E-state index in [1.807, 2.05) is 25.3 Å². The normalized spacial score (nSPS) is 10.5. The van der Waals surface area contributed by atoms with E-state index in [0.717, 1.165) is 22.5 Å². The number of aromatic nitrogens is 3. The predicted octanol–water partition coefficient (Wildman–Crippen LogP) is 3.17. The highest BCUT2D eigenvalue weighted by Crippen LogP contribution is 2.18. The summed E-state index contributed by atoms with van der Waals surface area (Å²) in [4.78, 5) is 4.45. The Bertz CT molecular complexity index is 512. The molecule has 0 aromatic carbocycles. The van der Waals surface area contributed by atoms with E-state index in [4.69, 9.17) is 11.6 Å². The van der Waals surface area contributed by atoms with Crippen LogP contribution in [0.4, 0.5) is 5.82 Å². The van der Waals surface area contributed by atoms with Gasteiger partial charge in [0.05, 0.1) is 27.9 Å². The maximum Gasteiger partial charge on any atom is 0.126 e. The van der Waals surface area contributed by atoms with Crippen molar-refractivity contribution in [1.82, 2.24) is 14.8 Å². The second kappa shape index (κ2) is 5.51. The fourth-order valence-electron chi connectivity index (χ4n) is 1.45. The Balaban J connectivity index is 2.22. The molecule has 4 nitrogen and oxygen atoms in total. The summed E-state index contributed by atoms with van der Waals surface area (Å²) in [7, 11) is 0. The van der Waals surface area contributed by atoms with Gasteiger partial charge in [-0.05, 0) is 35.0 Å². The number of rotatable bonds is 4. The molecule has 17 heavy (non-hydrogen) atoms. The van der Waals surface area contributed by atoms with E-state index >= 15 is 0 Å². The van der Waals surface area contributed by atoms with Crippen molar-refractivity contribution >= 4 is 33.3 Å². The largest absolute Gasteiger partial charge is 0.370 e. The third kappa shape index (κ3) is 3.20. The monoisotopic (exact) mass is 314 g/mol. The number of nitrogens with zero attached hydrogens (tertiary/aromatic N) is 3. The lowest BCUT2D eigenvalue weighted by molar-refractivity contribution is 0.673. The molecule has 90 valence electrons. The van der Waals surface area contributed by atoms with Crippen LogP contribution in [-0.2, 0) is 6.54 Å². The minimum Gasteiger partial charge on any atom is -0.370 e. The van der Waals surface area contributed by atoms with Crippen molar-refractivity contribution in [3.63, 3.8) is 0 Å². The van der Waals surface area contributed by atoms with Gasteiger partial charge >= 0.3 is 0 Å². The van der Waals surface area contributed by atoms with Crippen molar-refractivity contribution in [2.45, 2.75) is 13.5 Å². The molecule has 2 heterocycles. The number of halogens is 2. The summed E-state index contributed by atoms with van der Waals surface area (Å²) in [5, 5.41) is 7.99. The highest BCUT2D eigenvalue weighted by Gasteiger charge is 2.05. The molecule has 0 radical (unpaired) electrons. The van der Waals surface area contributed by atoms with E-state index in [9.17, 15) is 0 Å². The van der Waals surface area contributed by atoms with Crippen LogP contribution in [0, 0.1) is 0 Å². The Labute approximate surface area is 113 Å². The maximum absolute atomic E-state index is 6.11. The first-order chi connectivity index (χ1) is 8.19. The van der Waals surface area contributed by atoms with Crippen LogP contribution in [0.3, 0.4) is 0 Å². The molecule has 0 spiro atoms. The molecule has 6 heteroatoms. The molecule has 2 aromatic rings. The molecule has 0 bridgehead atoms. The van der Waals surface area contributed by atoms with Crippen molar-refractivity contribution in [2.24, 2.45) is 0 Å². The van der Waals surface area contributed by atoms with Gasteiger partial charge in [0.2, 0.25) is 0 Å². The van der Waals surface area contributed by atoms with Crippen LogP contribution in [0.25, 0.3) is 0 Å². The van der Waals surface area contributed by atoms with E-state index in [2.05, 4.69) is 31.3 Å². The molecule has 0 amide bonds. The van der Waals surface area contributed by atoms with Gasteiger partial charge in [0, 0.05) is 12.7 Å². The smallest absolute Gasteiger partial charge is 0.126 e. The molecule has 1 N–H and O–H groups in total. The third-order valence-electron chi connectivity index (χ3n) is 2.19. The second-order valence-corrected chi connectivity index (χ2v) is 4.83. The summed E-state index contributed by atoms with van der Waals surface area (Å²) in [5.41, 5.74) is 0.806. The van der Waals surface area contributed by atoms with Crippen molar-refractivity contribution in [2.75, 3.05) is 11.9 Å². The summed E-state index contributed by atoms with van der Waals surface area (Å²) in [6, 6.07) is 3.72. The van der Waals surface area contributed by atoms with Crippen LogP contribution in [0.15, 0.2) is 29.0 Å². The van der Waals surface area contributed by atoms with Gasteiger partial charge in [0.15, 0.2) is 0 Å². The van der Waals surface area contributed by atoms with Crippen LogP contribution in [-0.4, -0.2) is 21.3 Å². The van der Waals surface area contributed by atoms with Crippen LogP contribution < -0.4 is 5.32 Å². The molecule has 0 fully saturated rings. The molecule has 0 atom stereocenters. The Morgan fingerprint density at radius 2 is 2.29 bits per heavy atom. The first-order valence-electron chi connectivity index (χ1n) is 5.26. The predicted molar refractivity (Wildman–Crippen MR) is 72.4 cm³/mol. The number of anilines is 1. The minimum absolute atomic E-state index is 0.559. The van der Waals surface area contributed by atoms with Crippen molar-refractivity contribution in [1.29, 1.82) is 0 Å². The summed E-state index contributed by atoms with van der Waals surface area (Å²) in [5.74, 6) is 0.832. The van der Waals surface area contributed by atoms with Crippen molar-refractivity contribution in [3.05, 3.63) is 39.7 Å². The number of nitrogens with one attached hydrogen (secondary N) is 1. The summed E-state index contributed by atoms with van der Waals surface area (Å²) < 4.78 is 2.73. The van der Waals surface area contributed by atoms with Gasteiger partial charge in [-0.15, -0.1) is 0 Å². The van der Waals surface area contributed by atoms with Crippen LogP contribution >= 0.6 is 27.5 Å². The van der Waals surface area contributed by atoms with E-state index < -0.39 is 0 Å². The standard InChI is InChI=1S/C11H12BrClN4/c1-2-14-11-4-3-9(13)10(16-11)7-17-6-8(12)5-15-17/h3-6H,2,7H2,1H3,(H,14,16). The van der Waals surface area contributed by atoms with Crippen molar-refractivity contribution < 1.29 is 0 Å². The average Bonchev–Trinajstić information content (AvgIpc) is 2.69. The average molecular weight is 316 g/mol. The topological polar surface area (TPSA) is 42.7 Å². The van der Waals surface area contributed by atoms with E-state index in [1.54, 1.807) is 10.9 Å². The van der Waals surface area contributed by atoms with E-state index in [0.29, 0.717) is 11.6 Å². The van der Waals surface area contributed by atoms with Gasteiger partial charge in [-0.1, -0.05) is 11.6 Å². The Kier molecular flexibility index (Phi) is 4.02. The summed E-state index contributed by atoms with van der Waals surface area (Å²) >= 11 is 9.46. The molecule has 0 saturated heterocycles. The van der Waals surface area contributed by atoms with Gasteiger partial charge in [0.1, 0.15) is 5.82 Å². The minimum atomic E-state index is 0.559. The van der Waals surface area contributed by atoms with Gasteiger partial charge in [-0.2, -0.15) is 5.10 Å². The van der Waals surface area contributed by atoms with Gasteiger partial charge in [-0.3, -0.25) is 4.68 Å². The zero-order chi connectivity index (χ0) is 12.3. The number of pyridine rings is 1. The Hall–Kier alpha value is -1.07. The SMILES string of the molecule is CCNc1ccc(Cl)c(Cn2cc(Br)cn2)n1. The van der Waals surface area contributed by atoms with E-state index in [-0.39, 0.29) is 0 Å². The van der Waals surface area contributed by atoms with Crippen LogP contribution in [0.1, 0.15) is 12.6 Å². The van der Waals surface area contributed by atoms with Gasteiger partial charge < -0.3 is 5.32 Å². The van der Waals surface area contributed by atoms with Crippen LogP contribution in [0.2, 0.25) is 5.02 Å². The summed E-state index contributed by atoms with van der Waals surface area (Å²) in [6.45, 7) is 3.42. The fourth-order valence-corrected chi connectivity index (χ4v) is 1.95. The molecule has 2 aromatic heterocycles. The number of hydrogen-bond donors (Lipinski definition) is 1. The molecule has 2 rings (SSSR count). The molecule has 0 saturated carbocycles. The lowest BCUT2D eigenvalue weighted by Crippen LogP contribution is -2.06. The molecular weight excluding hydrogens is 304 g/mol. The van der Waals surface area contributed by atoms with E-state index in [1.165, 1.54) is 0 Å². The molecule has 0 unspecified atom stereocenters. The fraction of sp³-hybridized carbons (Fsp3) is 0.273. The molecule has 0 aliphatic heterocycles. The lowest BCUT2D eigenvalue weighted by Gasteiger charge is -2.07. The molecule has 0 aliphatic carbocycles. The van der Waals surface area contributed by atoms with Gasteiger partial charge in [-0.25, -0.2) is 4.98 Å². The zero-order valence-corrected chi connectivity index (χ0v) is 11.7. The Morgan fingerprint density at radius 1 is 1.47 bits per heavy atom. The second-order valence-electron chi connectivity index (χ2n) is 3.51. The maximum atomic E-state index is 6.11. The van der Waals surface area contributed by atoms with Crippen molar-refractivity contribution in [3.8, 4) is 0 Å². The lowest BCUT2D eigenvalue weighted by atomic mass is 10.3. The Morgan fingerprint density at radius 3 is 2.94 bits per heavy atom. The van der Waals surface area contributed by atoms with Crippen LogP contribution in [0.5, 0.6) is 0 Å². The zero-order valence-electron chi connectivity index (χ0n) is 9.32. The first-order valence-corrected chi connectivity index (χ1v) is 6.43. The highest BCUT2D eigenvalue weighted by atomic mass is 79.9. The summed E-state index contributed by atoms with van der Waals surface area (Å²) in [6.07, 6.45) is 3.62. The third-order valence-corrected chi connectivity index (χ3v) is 2.94. The highest BCUT2D eigenvalue weighted by molar-refractivity contribution is 9.10. The first kappa shape index (κ1) is 12.4. The quantitative estimate of drug-likeness (QED) is 0.942.